The van der Waals surface area contributed by atoms with E-state index in [1.165, 1.54) is 17.1 Å². The molecule has 0 unspecified atom stereocenters. The van der Waals surface area contributed by atoms with Crippen LogP contribution in [0.15, 0.2) is 91.0 Å². The van der Waals surface area contributed by atoms with Gasteiger partial charge < -0.3 is 0 Å². The predicted octanol–water partition coefficient (Wildman–Crippen LogP) is 3.51. The molecule has 0 aliphatic heterocycles. The molecule has 0 aromatic heterocycles. The van der Waals surface area contributed by atoms with Crippen LogP contribution >= 0.6 is 0 Å². The van der Waals surface area contributed by atoms with Crippen LogP contribution in [0.3, 0.4) is 0 Å². The Morgan fingerprint density at radius 2 is 1.44 bits per heavy atom. The molecule has 0 aliphatic carbocycles. The maximum absolute atomic E-state index is 12.7. The fourth-order valence-corrected chi connectivity index (χ4v) is 5.39. The fourth-order valence-electron chi connectivity index (χ4n) is 2.90. The molecule has 3 nitrogen and oxygen atoms in total. The van der Waals surface area contributed by atoms with E-state index in [0.29, 0.717) is 6.54 Å². The number of benzene rings is 3. The second-order valence-corrected chi connectivity index (χ2v) is 8.68. The number of ether oxygens (including phenoxy) is 1. The summed E-state index contributed by atoms with van der Waals surface area (Å²) in [6, 6.07) is 30.5. The van der Waals surface area contributed by atoms with Crippen LogP contribution in [-0.2, 0) is 16.1 Å². The standard InChI is InChI=1S/C23H23NO2Se/c1-26-23(25)22(27-20-15-9-4-10-16-20)21(19-13-7-3-8-14-19)24-17-18-11-5-2-6-12-18/h2-16,21-22,24H,17H2,1H3/t21-,22-/m0/s1. The van der Waals surface area contributed by atoms with Gasteiger partial charge in [0, 0.05) is 0 Å². The van der Waals surface area contributed by atoms with Crippen LogP contribution in [-0.4, -0.2) is 28.0 Å². The molecular formula is C23H23NO2Se. The SMILES string of the molecule is COC(=O)[C@@H]([Se]c1ccccc1)[C@@H](NCc1ccccc1)c1ccccc1. The predicted molar refractivity (Wildman–Crippen MR) is 110 cm³/mol. The first-order valence-corrected chi connectivity index (χ1v) is 10.7. The minimum absolute atomic E-state index is 0.0570. The first-order chi connectivity index (χ1) is 13.3. The molecule has 0 fully saturated rings. The van der Waals surface area contributed by atoms with E-state index in [1.54, 1.807) is 0 Å². The van der Waals surface area contributed by atoms with Crippen LogP contribution in [0.2, 0.25) is 4.82 Å². The molecule has 1 N–H and O–H groups in total. The molecule has 0 spiro atoms. The van der Waals surface area contributed by atoms with E-state index in [1.807, 2.05) is 54.6 Å². The molecule has 0 saturated heterocycles. The third kappa shape index (κ3) is 5.54. The van der Waals surface area contributed by atoms with Gasteiger partial charge in [-0.1, -0.05) is 0 Å². The number of methoxy groups -OCH3 is 1. The summed E-state index contributed by atoms with van der Waals surface area (Å²) in [6.07, 6.45) is 0. The van der Waals surface area contributed by atoms with E-state index < -0.39 is 0 Å². The number of nitrogens with one attached hydrogen (secondary N) is 1. The fraction of sp³-hybridized carbons (Fsp3) is 0.174. The summed E-state index contributed by atoms with van der Waals surface area (Å²) in [7, 11) is 1.47. The summed E-state index contributed by atoms with van der Waals surface area (Å²) in [5, 5.41) is 3.60. The summed E-state index contributed by atoms with van der Waals surface area (Å²) in [6.45, 7) is 0.693. The average molecular weight is 424 g/mol. The topological polar surface area (TPSA) is 38.3 Å². The van der Waals surface area contributed by atoms with Gasteiger partial charge in [-0.15, -0.1) is 0 Å². The third-order valence-electron chi connectivity index (χ3n) is 4.27. The van der Waals surface area contributed by atoms with Crippen molar-refractivity contribution in [2.45, 2.75) is 17.4 Å². The Labute approximate surface area is 166 Å². The molecule has 0 radical (unpaired) electrons. The van der Waals surface area contributed by atoms with Crippen molar-refractivity contribution in [1.82, 2.24) is 5.32 Å². The average Bonchev–Trinajstić information content (AvgIpc) is 2.74. The maximum atomic E-state index is 12.7. The van der Waals surface area contributed by atoms with Gasteiger partial charge in [0.25, 0.3) is 0 Å². The van der Waals surface area contributed by atoms with Gasteiger partial charge in [-0.25, -0.2) is 0 Å². The number of hydrogen-bond acceptors (Lipinski definition) is 3. The third-order valence-corrected chi connectivity index (χ3v) is 6.92. The van der Waals surface area contributed by atoms with Crippen LogP contribution in [0.4, 0.5) is 0 Å². The van der Waals surface area contributed by atoms with E-state index in [2.05, 4.69) is 41.7 Å². The molecule has 4 heteroatoms. The Bertz CT molecular complexity index is 825. The van der Waals surface area contributed by atoms with Crippen LogP contribution in [0, 0.1) is 0 Å². The summed E-state index contributed by atoms with van der Waals surface area (Å²) < 4.78 is 6.36. The van der Waals surface area contributed by atoms with Crippen molar-refractivity contribution in [2.24, 2.45) is 0 Å². The zero-order valence-electron chi connectivity index (χ0n) is 15.2. The van der Waals surface area contributed by atoms with Crippen molar-refractivity contribution >= 4 is 25.4 Å². The molecule has 0 bridgehead atoms. The van der Waals surface area contributed by atoms with Gasteiger partial charge in [-0.05, 0) is 0 Å². The molecule has 27 heavy (non-hydrogen) atoms. The number of rotatable bonds is 8. The van der Waals surface area contributed by atoms with Gasteiger partial charge in [0.05, 0.1) is 0 Å². The van der Waals surface area contributed by atoms with Gasteiger partial charge in [-0.3, -0.25) is 0 Å². The monoisotopic (exact) mass is 425 g/mol. The quantitative estimate of drug-likeness (QED) is 0.444. The molecule has 0 saturated carbocycles. The second kappa shape index (κ2) is 10.1. The van der Waals surface area contributed by atoms with E-state index >= 15 is 0 Å². The molecule has 3 aromatic rings. The Kier molecular flexibility index (Phi) is 7.23. The van der Waals surface area contributed by atoms with E-state index in [0.717, 1.165) is 5.56 Å². The summed E-state index contributed by atoms with van der Waals surface area (Å²) >= 11 is -0.0570. The number of hydrogen-bond donors (Lipinski definition) is 1. The van der Waals surface area contributed by atoms with E-state index in [4.69, 9.17) is 4.74 Å². The zero-order chi connectivity index (χ0) is 18.9. The Balaban J connectivity index is 1.88. The van der Waals surface area contributed by atoms with E-state index in [9.17, 15) is 4.79 Å². The van der Waals surface area contributed by atoms with Crippen molar-refractivity contribution in [3.05, 3.63) is 102 Å². The van der Waals surface area contributed by atoms with Crippen molar-refractivity contribution in [3.8, 4) is 0 Å². The number of esters is 1. The Morgan fingerprint density at radius 3 is 2.04 bits per heavy atom. The van der Waals surface area contributed by atoms with Crippen molar-refractivity contribution in [1.29, 1.82) is 0 Å². The van der Waals surface area contributed by atoms with Crippen LogP contribution in [0.1, 0.15) is 17.2 Å². The van der Waals surface area contributed by atoms with Gasteiger partial charge in [0.15, 0.2) is 0 Å². The van der Waals surface area contributed by atoms with E-state index in [-0.39, 0.29) is 31.8 Å². The van der Waals surface area contributed by atoms with Crippen LogP contribution in [0.5, 0.6) is 0 Å². The summed E-state index contributed by atoms with van der Waals surface area (Å²) in [5.74, 6) is -0.173. The Morgan fingerprint density at radius 1 is 0.889 bits per heavy atom. The molecule has 0 heterocycles. The zero-order valence-corrected chi connectivity index (χ0v) is 17.0. The normalized spacial score (nSPS) is 12.9. The molecule has 0 amide bonds. The molecule has 138 valence electrons. The molecule has 3 aromatic carbocycles. The van der Waals surface area contributed by atoms with Gasteiger partial charge in [0.1, 0.15) is 0 Å². The van der Waals surface area contributed by atoms with Crippen molar-refractivity contribution in [2.75, 3.05) is 7.11 Å². The summed E-state index contributed by atoms with van der Waals surface area (Å²) in [4.78, 5) is 12.4. The summed E-state index contributed by atoms with van der Waals surface area (Å²) in [5.41, 5.74) is 2.29. The van der Waals surface area contributed by atoms with Crippen LogP contribution in [0.25, 0.3) is 0 Å². The minimum atomic E-state index is -0.254. The van der Waals surface area contributed by atoms with Gasteiger partial charge in [-0.2, -0.15) is 0 Å². The Hall–Kier alpha value is -2.39. The van der Waals surface area contributed by atoms with Gasteiger partial charge >= 0.3 is 167 Å². The first-order valence-electron chi connectivity index (χ1n) is 8.89. The molecule has 0 aliphatic rings. The van der Waals surface area contributed by atoms with Gasteiger partial charge in [0.2, 0.25) is 0 Å². The first kappa shape index (κ1) is 19.4. The molecule has 3 rings (SSSR count). The molecular weight excluding hydrogens is 401 g/mol. The number of carbonyl (C=O) groups is 1. The van der Waals surface area contributed by atoms with Crippen molar-refractivity contribution < 1.29 is 9.53 Å². The number of carbonyl (C=O) groups excluding carboxylic acids is 1. The molecule has 2 atom stereocenters. The van der Waals surface area contributed by atoms with Crippen molar-refractivity contribution in [3.63, 3.8) is 0 Å². The second-order valence-electron chi connectivity index (χ2n) is 6.13. The van der Waals surface area contributed by atoms with Crippen LogP contribution < -0.4 is 9.78 Å².